The summed E-state index contributed by atoms with van der Waals surface area (Å²) in [5, 5.41) is 6.68. The second-order valence-corrected chi connectivity index (χ2v) is 6.92. The molecule has 2 aromatic carbocycles. The second-order valence-electron chi connectivity index (χ2n) is 6.04. The molecule has 1 aliphatic rings. The Hall–Kier alpha value is -2.47. The van der Waals surface area contributed by atoms with Gasteiger partial charge in [-0.1, -0.05) is 18.2 Å². The van der Waals surface area contributed by atoms with Crippen molar-refractivity contribution < 1.29 is 9.53 Å². The van der Waals surface area contributed by atoms with E-state index in [-0.39, 0.29) is 5.91 Å². The molecule has 0 aliphatic carbocycles. The molecular formula is C20H23N3O2S. The van der Waals surface area contributed by atoms with E-state index in [1.54, 1.807) is 30.7 Å². The van der Waals surface area contributed by atoms with Gasteiger partial charge in [-0.3, -0.25) is 14.7 Å². The molecule has 6 heteroatoms. The lowest BCUT2D eigenvalue weighted by molar-refractivity contribution is -0.125. The van der Waals surface area contributed by atoms with E-state index in [1.165, 1.54) is 4.90 Å². The summed E-state index contributed by atoms with van der Waals surface area (Å²) in [5.74, 6) is 1.61. The Morgan fingerprint density at radius 1 is 1.27 bits per heavy atom. The van der Waals surface area contributed by atoms with Gasteiger partial charge in [0.15, 0.2) is 0 Å². The normalized spacial score (nSPS) is 13.5. The lowest BCUT2D eigenvalue weighted by Crippen LogP contribution is -2.33. The molecule has 1 amide bonds. The number of hydrogen-bond acceptors (Lipinski definition) is 5. The van der Waals surface area contributed by atoms with Gasteiger partial charge < -0.3 is 4.74 Å². The third-order valence-electron chi connectivity index (χ3n) is 4.33. The third kappa shape index (κ3) is 4.19. The van der Waals surface area contributed by atoms with E-state index in [0.717, 1.165) is 35.8 Å². The number of rotatable bonds is 5. The molecule has 0 spiro atoms. The predicted octanol–water partition coefficient (Wildman–Crippen LogP) is 3.99. The molecule has 0 fully saturated rings. The van der Waals surface area contributed by atoms with Gasteiger partial charge in [0.05, 0.1) is 19.3 Å². The molecule has 0 unspecified atom stereocenters. The molecule has 0 saturated carbocycles. The number of thioether (sulfide) groups is 1. The lowest BCUT2D eigenvalue weighted by Gasteiger charge is -2.20. The summed E-state index contributed by atoms with van der Waals surface area (Å²) in [6.45, 7) is 2.87. The minimum Gasteiger partial charge on any atom is -0.497 e. The van der Waals surface area contributed by atoms with E-state index in [4.69, 9.17) is 9.84 Å². The molecule has 0 atom stereocenters. The highest BCUT2D eigenvalue weighted by Crippen LogP contribution is 2.25. The number of hydrazone groups is 1. The largest absolute Gasteiger partial charge is 0.497 e. The van der Waals surface area contributed by atoms with Gasteiger partial charge in [0.1, 0.15) is 11.6 Å². The lowest BCUT2D eigenvalue weighted by atomic mass is 10.2. The molecule has 5 nitrogen and oxygen atoms in total. The minimum atomic E-state index is -0.000664. The van der Waals surface area contributed by atoms with Crippen molar-refractivity contribution in [3.8, 4) is 5.75 Å². The molecule has 1 aliphatic heterocycles. The van der Waals surface area contributed by atoms with Crippen molar-refractivity contribution in [3.63, 3.8) is 0 Å². The topological polar surface area (TPSA) is 45.1 Å². The molecule has 0 aromatic heterocycles. The summed E-state index contributed by atoms with van der Waals surface area (Å²) in [6.07, 6.45) is 2.81. The highest BCUT2D eigenvalue weighted by molar-refractivity contribution is 7.98. The van der Waals surface area contributed by atoms with Crippen LogP contribution >= 0.6 is 11.8 Å². The standard InChI is InChI=1S/C20H23N3O2S/c1-15(24)22(14-16-7-9-18(25-2)10-8-16)20-11-12-23(21-20)17-5-4-6-19(13-17)26-3/h4-10,13H,11-12,14H2,1-3H3. The number of methoxy groups -OCH3 is 1. The number of amidine groups is 1. The maximum atomic E-state index is 12.2. The van der Waals surface area contributed by atoms with Crippen LogP contribution in [0.1, 0.15) is 18.9 Å². The Bertz CT molecular complexity index is 805. The number of nitrogens with zero attached hydrogens (tertiary/aromatic N) is 3. The molecular weight excluding hydrogens is 346 g/mol. The average Bonchev–Trinajstić information content (AvgIpc) is 3.16. The monoisotopic (exact) mass is 369 g/mol. The van der Waals surface area contributed by atoms with Gasteiger partial charge in [-0.05, 0) is 42.2 Å². The smallest absolute Gasteiger partial charge is 0.225 e. The van der Waals surface area contributed by atoms with Gasteiger partial charge in [0.25, 0.3) is 0 Å². The first-order chi connectivity index (χ1) is 12.6. The quantitative estimate of drug-likeness (QED) is 0.748. The van der Waals surface area contributed by atoms with Crippen molar-refractivity contribution in [3.05, 3.63) is 54.1 Å². The van der Waals surface area contributed by atoms with E-state index >= 15 is 0 Å². The van der Waals surface area contributed by atoms with Crippen LogP contribution in [0.2, 0.25) is 0 Å². The number of hydrogen-bond donors (Lipinski definition) is 0. The Morgan fingerprint density at radius 3 is 2.69 bits per heavy atom. The Labute approximate surface area is 158 Å². The van der Waals surface area contributed by atoms with Gasteiger partial charge >= 0.3 is 0 Å². The van der Waals surface area contributed by atoms with Crippen LogP contribution < -0.4 is 9.75 Å². The van der Waals surface area contributed by atoms with E-state index in [2.05, 4.69) is 18.4 Å². The number of carbonyl (C=O) groups is 1. The van der Waals surface area contributed by atoms with Crippen molar-refractivity contribution in [1.29, 1.82) is 0 Å². The van der Waals surface area contributed by atoms with Crippen LogP contribution in [0, 0.1) is 0 Å². The maximum Gasteiger partial charge on any atom is 0.225 e. The van der Waals surface area contributed by atoms with E-state index in [9.17, 15) is 4.79 Å². The van der Waals surface area contributed by atoms with E-state index in [0.29, 0.717) is 6.54 Å². The Balaban J connectivity index is 1.78. The molecule has 1 heterocycles. The fourth-order valence-corrected chi connectivity index (χ4v) is 3.34. The summed E-state index contributed by atoms with van der Waals surface area (Å²) in [7, 11) is 1.64. The fourth-order valence-electron chi connectivity index (χ4n) is 2.89. The van der Waals surface area contributed by atoms with Crippen LogP contribution in [-0.2, 0) is 11.3 Å². The predicted molar refractivity (Wildman–Crippen MR) is 107 cm³/mol. The average molecular weight is 369 g/mol. The molecule has 0 N–H and O–H groups in total. The molecule has 0 saturated heterocycles. The van der Waals surface area contributed by atoms with Crippen molar-refractivity contribution >= 4 is 29.2 Å². The van der Waals surface area contributed by atoms with E-state index < -0.39 is 0 Å². The van der Waals surface area contributed by atoms with Gasteiger partial charge in [0.2, 0.25) is 5.91 Å². The second kappa shape index (κ2) is 8.27. The zero-order valence-electron chi connectivity index (χ0n) is 15.3. The Morgan fingerprint density at radius 2 is 2.04 bits per heavy atom. The number of carbonyl (C=O) groups excluding carboxylic acids is 1. The van der Waals surface area contributed by atoms with E-state index in [1.807, 2.05) is 41.4 Å². The van der Waals surface area contributed by atoms with Gasteiger partial charge in [0, 0.05) is 24.8 Å². The van der Waals surface area contributed by atoms with Gasteiger partial charge in [-0.2, -0.15) is 5.10 Å². The minimum absolute atomic E-state index is 0.000664. The zero-order chi connectivity index (χ0) is 18.5. The Kier molecular flexibility index (Phi) is 5.83. The highest BCUT2D eigenvalue weighted by atomic mass is 32.2. The van der Waals surface area contributed by atoms with Crippen LogP contribution in [0.25, 0.3) is 0 Å². The number of benzene rings is 2. The summed E-state index contributed by atoms with van der Waals surface area (Å²) in [4.78, 5) is 15.2. The van der Waals surface area contributed by atoms with Crippen molar-refractivity contribution in [2.45, 2.75) is 24.8 Å². The van der Waals surface area contributed by atoms with Gasteiger partial charge in [-0.25, -0.2) is 0 Å². The molecule has 2 aromatic rings. The molecule has 136 valence electrons. The molecule has 26 heavy (non-hydrogen) atoms. The molecule has 0 radical (unpaired) electrons. The number of amides is 1. The molecule has 0 bridgehead atoms. The molecule has 3 rings (SSSR count). The first kappa shape index (κ1) is 18.3. The summed E-state index contributed by atoms with van der Waals surface area (Å²) in [6, 6.07) is 16.1. The third-order valence-corrected chi connectivity index (χ3v) is 5.05. The van der Waals surface area contributed by atoms with Crippen molar-refractivity contribution in [1.82, 2.24) is 4.90 Å². The summed E-state index contributed by atoms with van der Waals surface area (Å²) < 4.78 is 5.19. The van der Waals surface area contributed by atoms with Crippen LogP contribution in [0.4, 0.5) is 5.69 Å². The summed E-state index contributed by atoms with van der Waals surface area (Å²) in [5.41, 5.74) is 2.10. The van der Waals surface area contributed by atoms with Crippen molar-refractivity contribution in [2.75, 3.05) is 24.9 Å². The van der Waals surface area contributed by atoms with Gasteiger partial charge in [-0.15, -0.1) is 11.8 Å². The van der Waals surface area contributed by atoms with Crippen molar-refractivity contribution in [2.24, 2.45) is 5.10 Å². The fraction of sp³-hybridized carbons (Fsp3) is 0.300. The summed E-state index contributed by atoms with van der Waals surface area (Å²) >= 11 is 1.71. The first-order valence-corrected chi connectivity index (χ1v) is 9.73. The number of ether oxygens (including phenoxy) is 1. The first-order valence-electron chi connectivity index (χ1n) is 8.51. The SMILES string of the molecule is COc1ccc(CN(C(C)=O)C2=NN(c3cccc(SC)c3)CC2)cc1. The van der Waals surface area contributed by atoms with Crippen LogP contribution in [0.5, 0.6) is 5.75 Å². The number of anilines is 1. The van der Waals surface area contributed by atoms with Crippen LogP contribution in [0.3, 0.4) is 0 Å². The van der Waals surface area contributed by atoms with Crippen LogP contribution in [0.15, 0.2) is 58.5 Å². The zero-order valence-corrected chi connectivity index (χ0v) is 16.1. The van der Waals surface area contributed by atoms with Crippen LogP contribution in [-0.4, -0.2) is 36.6 Å². The maximum absolute atomic E-state index is 12.2. The highest BCUT2D eigenvalue weighted by Gasteiger charge is 2.24.